The van der Waals surface area contributed by atoms with Gasteiger partial charge in [0.05, 0.1) is 6.26 Å². The number of nitrogens with one attached hydrogen (secondary N) is 2. The molecule has 1 aromatic rings. The SMILES string of the molecule is CCc1cc(C(=O)NCCCNS(C)(=O)=O)cc(Cl)n1. The third kappa shape index (κ3) is 6.31. The molecule has 0 aromatic carbocycles. The third-order valence-corrected chi connectivity index (χ3v) is 3.40. The van der Waals surface area contributed by atoms with E-state index in [1.165, 1.54) is 6.07 Å². The maximum Gasteiger partial charge on any atom is 0.251 e. The van der Waals surface area contributed by atoms with Gasteiger partial charge in [0.2, 0.25) is 10.0 Å². The lowest BCUT2D eigenvalue weighted by atomic mass is 10.2. The molecule has 20 heavy (non-hydrogen) atoms. The summed E-state index contributed by atoms with van der Waals surface area (Å²) in [4.78, 5) is 16.0. The first-order valence-electron chi connectivity index (χ1n) is 6.21. The second kappa shape index (κ2) is 7.56. The van der Waals surface area contributed by atoms with Crippen molar-refractivity contribution in [1.29, 1.82) is 0 Å². The Morgan fingerprint density at radius 1 is 1.35 bits per heavy atom. The number of rotatable bonds is 7. The fourth-order valence-corrected chi connectivity index (χ4v) is 2.25. The Morgan fingerprint density at radius 2 is 2.05 bits per heavy atom. The average molecular weight is 320 g/mol. The first kappa shape index (κ1) is 16.9. The van der Waals surface area contributed by atoms with Crippen molar-refractivity contribution in [2.75, 3.05) is 19.3 Å². The quantitative estimate of drug-likeness (QED) is 0.579. The molecule has 1 amide bonds. The van der Waals surface area contributed by atoms with Gasteiger partial charge in [0.15, 0.2) is 0 Å². The van der Waals surface area contributed by atoms with E-state index in [0.29, 0.717) is 24.9 Å². The Labute approximate surface area is 124 Å². The van der Waals surface area contributed by atoms with Gasteiger partial charge in [-0.05, 0) is 25.0 Å². The molecule has 1 aromatic heterocycles. The molecule has 1 rings (SSSR count). The van der Waals surface area contributed by atoms with Crippen LogP contribution in [0.1, 0.15) is 29.4 Å². The van der Waals surface area contributed by atoms with Crippen LogP contribution >= 0.6 is 11.6 Å². The minimum Gasteiger partial charge on any atom is -0.352 e. The molecular weight excluding hydrogens is 302 g/mol. The molecule has 0 spiro atoms. The van der Waals surface area contributed by atoms with E-state index < -0.39 is 10.0 Å². The van der Waals surface area contributed by atoms with Crippen molar-refractivity contribution in [3.05, 3.63) is 28.5 Å². The topological polar surface area (TPSA) is 88.2 Å². The summed E-state index contributed by atoms with van der Waals surface area (Å²) >= 11 is 5.84. The van der Waals surface area contributed by atoms with Crippen molar-refractivity contribution in [2.45, 2.75) is 19.8 Å². The second-order valence-corrected chi connectivity index (χ2v) is 6.52. The molecule has 0 saturated heterocycles. The van der Waals surface area contributed by atoms with Crippen molar-refractivity contribution in [3.63, 3.8) is 0 Å². The zero-order chi connectivity index (χ0) is 15.2. The number of aromatic nitrogens is 1. The van der Waals surface area contributed by atoms with Crippen LogP contribution in [0.25, 0.3) is 0 Å². The Kier molecular flexibility index (Phi) is 6.38. The standard InChI is InChI=1S/C12H18ClN3O3S/c1-3-10-7-9(8-11(13)16-10)12(17)14-5-4-6-15-20(2,18)19/h7-8,15H,3-6H2,1-2H3,(H,14,17). The minimum atomic E-state index is -3.18. The van der Waals surface area contributed by atoms with Gasteiger partial charge in [-0.15, -0.1) is 0 Å². The van der Waals surface area contributed by atoms with E-state index in [2.05, 4.69) is 15.0 Å². The highest BCUT2D eigenvalue weighted by Gasteiger charge is 2.08. The van der Waals surface area contributed by atoms with Crippen molar-refractivity contribution in [2.24, 2.45) is 0 Å². The van der Waals surface area contributed by atoms with Crippen LogP contribution in [0.2, 0.25) is 5.15 Å². The number of carbonyl (C=O) groups is 1. The van der Waals surface area contributed by atoms with Crippen LogP contribution in [0.5, 0.6) is 0 Å². The fourth-order valence-electron chi connectivity index (χ4n) is 1.51. The van der Waals surface area contributed by atoms with E-state index in [4.69, 9.17) is 11.6 Å². The smallest absolute Gasteiger partial charge is 0.251 e. The summed E-state index contributed by atoms with van der Waals surface area (Å²) in [5.74, 6) is -0.247. The number of hydrogen-bond acceptors (Lipinski definition) is 4. The van der Waals surface area contributed by atoms with Gasteiger partial charge in [-0.3, -0.25) is 4.79 Å². The molecular formula is C12H18ClN3O3S. The number of amides is 1. The first-order chi connectivity index (χ1) is 9.31. The van der Waals surface area contributed by atoms with Gasteiger partial charge in [-0.1, -0.05) is 18.5 Å². The molecule has 0 saturated carbocycles. The number of hydrogen-bond donors (Lipinski definition) is 2. The largest absolute Gasteiger partial charge is 0.352 e. The lowest BCUT2D eigenvalue weighted by molar-refractivity contribution is 0.0953. The maximum atomic E-state index is 11.9. The molecule has 0 unspecified atom stereocenters. The van der Waals surface area contributed by atoms with Crippen molar-refractivity contribution in [1.82, 2.24) is 15.0 Å². The lowest BCUT2D eigenvalue weighted by Crippen LogP contribution is -2.29. The highest BCUT2D eigenvalue weighted by atomic mass is 35.5. The van der Waals surface area contributed by atoms with Crippen LogP contribution in [0.15, 0.2) is 12.1 Å². The van der Waals surface area contributed by atoms with Crippen LogP contribution in [0.3, 0.4) is 0 Å². The van der Waals surface area contributed by atoms with E-state index in [-0.39, 0.29) is 17.6 Å². The molecule has 0 aliphatic heterocycles. The van der Waals surface area contributed by atoms with Gasteiger partial charge in [0.25, 0.3) is 5.91 Å². The summed E-state index contributed by atoms with van der Waals surface area (Å²) < 4.78 is 24.0. The molecule has 0 fully saturated rings. The number of pyridine rings is 1. The van der Waals surface area contributed by atoms with E-state index in [1.807, 2.05) is 6.92 Å². The normalized spacial score (nSPS) is 11.3. The molecule has 0 atom stereocenters. The molecule has 8 heteroatoms. The average Bonchev–Trinajstić information content (AvgIpc) is 2.36. The molecule has 0 aliphatic rings. The Hall–Kier alpha value is -1.18. The van der Waals surface area contributed by atoms with Crippen LogP contribution < -0.4 is 10.0 Å². The third-order valence-electron chi connectivity index (χ3n) is 2.47. The summed E-state index contributed by atoms with van der Waals surface area (Å²) in [7, 11) is -3.18. The highest BCUT2D eigenvalue weighted by molar-refractivity contribution is 7.88. The summed E-state index contributed by atoms with van der Waals surface area (Å²) in [6, 6.07) is 3.20. The van der Waals surface area contributed by atoms with Gasteiger partial charge >= 0.3 is 0 Å². The fraction of sp³-hybridized carbons (Fsp3) is 0.500. The molecule has 1 heterocycles. The summed E-state index contributed by atoms with van der Waals surface area (Å²) in [5, 5.41) is 2.99. The maximum absolute atomic E-state index is 11.9. The van der Waals surface area contributed by atoms with Gasteiger partial charge in [-0.2, -0.15) is 0 Å². The van der Waals surface area contributed by atoms with Crippen molar-refractivity contribution < 1.29 is 13.2 Å². The number of sulfonamides is 1. The zero-order valence-electron chi connectivity index (χ0n) is 11.4. The number of nitrogens with zero attached hydrogens (tertiary/aromatic N) is 1. The molecule has 0 radical (unpaired) electrons. The molecule has 0 aliphatic carbocycles. The number of aryl methyl sites for hydroxylation is 1. The van der Waals surface area contributed by atoms with E-state index >= 15 is 0 Å². The van der Waals surface area contributed by atoms with Crippen LogP contribution in [0, 0.1) is 0 Å². The lowest BCUT2D eigenvalue weighted by Gasteiger charge is -2.07. The second-order valence-electron chi connectivity index (χ2n) is 4.30. The van der Waals surface area contributed by atoms with Crippen LogP contribution in [-0.2, 0) is 16.4 Å². The Morgan fingerprint density at radius 3 is 2.65 bits per heavy atom. The van der Waals surface area contributed by atoms with Crippen molar-refractivity contribution in [3.8, 4) is 0 Å². The van der Waals surface area contributed by atoms with Crippen LogP contribution in [-0.4, -0.2) is 38.7 Å². The minimum absolute atomic E-state index is 0.247. The van der Waals surface area contributed by atoms with E-state index in [1.54, 1.807) is 6.07 Å². The summed E-state index contributed by atoms with van der Waals surface area (Å²) in [5.41, 5.74) is 1.21. The predicted octanol–water partition coefficient (Wildman–Crippen LogP) is 0.967. The van der Waals surface area contributed by atoms with E-state index in [9.17, 15) is 13.2 Å². The number of carbonyl (C=O) groups excluding carboxylic acids is 1. The van der Waals surface area contributed by atoms with Gasteiger partial charge in [0.1, 0.15) is 5.15 Å². The zero-order valence-corrected chi connectivity index (χ0v) is 13.0. The molecule has 0 bridgehead atoms. The summed E-state index contributed by atoms with van der Waals surface area (Å²) in [6.45, 7) is 2.59. The predicted molar refractivity (Wildman–Crippen MR) is 78.4 cm³/mol. The molecule has 6 nitrogen and oxygen atoms in total. The van der Waals surface area contributed by atoms with Gasteiger partial charge in [0, 0.05) is 24.3 Å². The van der Waals surface area contributed by atoms with E-state index in [0.717, 1.165) is 11.9 Å². The van der Waals surface area contributed by atoms with Crippen molar-refractivity contribution >= 4 is 27.5 Å². The molecule has 2 N–H and O–H groups in total. The first-order valence-corrected chi connectivity index (χ1v) is 8.48. The monoisotopic (exact) mass is 319 g/mol. The molecule has 112 valence electrons. The van der Waals surface area contributed by atoms with Gasteiger partial charge < -0.3 is 5.32 Å². The van der Waals surface area contributed by atoms with Gasteiger partial charge in [-0.25, -0.2) is 18.1 Å². The Bertz CT molecular complexity index is 575. The summed E-state index contributed by atoms with van der Waals surface area (Å²) in [6.07, 6.45) is 2.30. The Balaban J connectivity index is 2.45. The van der Waals surface area contributed by atoms with Crippen LogP contribution in [0.4, 0.5) is 0 Å². The highest BCUT2D eigenvalue weighted by Crippen LogP contribution is 2.11. The number of halogens is 1.